The molecule has 1 saturated heterocycles. The fourth-order valence-electron chi connectivity index (χ4n) is 3.60. The van der Waals surface area contributed by atoms with Crippen LogP contribution in [0.25, 0.3) is 10.2 Å². The molecule has 2 heterocycles. The van der Waals surface area contributed by atoms with Crippen molar-refractivity contribution in [3.63, 3.8) is 0 Å². The van der Waals surface area contributed by atoms with Crippen molar-refractivity contribution in [2.45, 2.75) is 25.3 Å². The second-order valence-corrected chi connectivity index (χ2v) is 8.27. The fourth-order valence-corrected chi connectivity index (χ4v) is 4.74. The number of aromatic nitrogens is 1. The maximum Gasteiger partial charge on any atom is 0.253 e. The highest BCUT2D eigenvalue weighted by Gasteiger charge is 2.26. The van der Waals surface area contributed by atoms with Crippen molar-refractivity contribution in [3.05, 3.63) is 77.3 Å². The summed E-state index contributed by atoms with van der Waals surface area (Å²) < 4.78 is 1.23. The van der Waals surface area contributed by atoms with E-state index in [1.807, 2.05) is 41.3 Å². The molecule has 1 aliphatic heterocycles. The van der Waals surface area contributed by atoms with E-state index in [4.69, 9.17) is 4.98 Å². The first-order valence-electron chi connectivity index (χ1n) is 9.78. The molecule has 2 aromatic carbocycles. The van der Waals surface area contributed by atoms with Crippen LogP contribution in [0.15, 0.2) is 61.2 Å². The summed E-state index contributed by atoms with van der Waals surface area (Å²) in [6.07, 6.45) is 3.13. The Kier molecular flexibility index (Phi) is 5.71. The maximum absolute atomic E-state index is 12.8. The van der Waals surface area contributed by atoms with Crippen LogP contribution in [-0.4, -0.2) is 34.8 Å². The summed E-state index contributed by atoms with van der Waals surface area (Å²) in [6.45, 7) is 5.35. The van der Waals surface area contributed by atoms with Crippen molar-refractivity contribution < 1.29 is 9.59 Å². The number of nitrogens with one attached hydrogen (secondary N) is 1. The number of benzene rings is 2. The van der Waals surface area contributed by atoms with Gasteiger partial charge in [-0.05, 0) is 48.7 Å². The zero-order valence-corrected chi connectivity index (χ0v) is 17.0. The Hall–Kier alpha value is -2.99. The van der Waals surface area contributed by atoms with Crippen molar-refractivity contribution in [3.8, 4) is 0 Å². The van der Waals surface area contributed by atoms with Crippen molar-refractivity contribution in [1.82, 2.24) is 15.2 Å². The van der Waals surface area contributed by atoms with Crippen LogP contribution in [-0.2, 0) is 11.3 Å². The Bertz CT molecular complexity index is 1000. The quantitative estimate of drug-likeness (QED) is 0.650. The second-order valence-electron chi connectivity index (χ2n) is 7.21. The summed E-state index contributed by atoms with van der Waals surface area (Å²) in [5.41, 5.74) is 2.70. The van der Waals surface area contributed by atoms with Gasteiger partial charge in [0.05, 0.1) is 15.2 Å². The summed E-state index contributed by atoms with van der Waals surface area (Å²) in [6, 6.07) is 15.7. The van der Waals surface area contributed by atoms with Gasteiger partial charge in [0.2, 0.25) is 5.91 Å². The Labute approximate surface area is 174 Å². The van der Waals surface area contributed by atoms with E-state index in [-0.39, 0.29) is 11.8 Å². The molecule has 2 amide bonds. The molecule has 1 fully saturated rings. The summed E-state index contributed by atoms with van der Waals surface area (Å²) in [4.78, 5) is 30.8. The number of fused-ring (bicyclic) bond motifs is 1. The molecule has 3 aromatic rings. The molecule has 0 atom stereocenters. The van der Waals surface area contributed by atoms with E-state index >= 15 is 0 Å². The Morgan fingerprint density at radius 3 is 2.55 bits per heavy atom. The largest absolute Gasteiger partial charge is 0.348 e. The Morgan fingerprint density at radius 1 is 1.14 bits per heavy atom. The van der Waals surface area contributed by atoms with Gasteiger partial charge in [-0.15, -0.1) is 11.3 Å². The smallest absolute Gasteiger partial charge is 0.253 e. The first-order chi connectivity index (χ1) is 14.1. The molecular weight excluding hydrogens is 382 g/mol. The third-order valence-electron chi connectivity index (χ3n) is 5.29. The Balaban J connectivity index is 1.35. The molecule has 29 heavy (non-hydrogen) atoms. The minimum absolute atomic E-state index is 0.0643. The first kappa shape index (κ1) is 19.3. The van der Waals surface area contributed by atoms with Gasteiger partial charge in [-0.2, -0.15) is 0 Å². The lowest BCUT2D eigenvalue weighted by molar-refractivity contribution is -0.116. The number of piperidine rings is 1. The minimum Gasteiger partial charge on any atom is -0.348 e. The molecule has 0 unspecified atom stereocenters. The van der Waals surface area contributed by atoms with Crippen LogP contribution in [0.3, 0.4) is 0 Å². The van der Waals surface area contributed by atoms with Crippen LogP contribution in [0.2, 0.25) is 0 Å². The number of nitrogens with zero attached hydrogens (tertiary/aromatic N) is 2. The van der Waals surface area contributed by atoms with Gasteiger partial charge in [0.25, 0.3) is 5.91 Å². The number of hydrogen-bond acceptors (Lipinski definition) is 4. The summed E-state index contributed by atoms with van der Waals surface area (Å²) in [5.74, 6) is 0.280. The third-order valence-corrected chi connectivity index (χ3v) is 6.49. The molecule has 5 nitrogen and oxygen atoms in total. The van der Waals surface area contributed by atoms with E-state index in [1.54, 1.807) is 11.3 Å². The molecule has 0 spiro atoms. The van der Waals surface area contributed by atoms with Gasteiger partial charge >= 0.3 is 0 Å². The van der Waals surface area contributed by atoms with Crippen molar-refractivity contribution in [1.29, 1.82) is 0 Å². The Morgan fingerprint density at radius 2 is 1.86 bits per heavy atom. The molecule has 6 heteroatoms. The normalized spacial score (nSPS) is 14.7. The lowest BCUT2D eigenvalue weighted by Crippen LogP contribution is -2.37. The average molecular weight is 406 g/mol. The van der Waals surface area contributed by atoms with E-state index in [0.717, 1.165) is 37.0 Å². The fraction of sp³-hybridized carbons (Fsp3) is 0.261. The number of carbonyl (C=O) groups excluding carboxylic acids is 2. The summed E-state index contributed by atoms with van der Waals surface area (Å²) >= 11 is 1.77. The maximum atomic E-state index is 12.8. The number of carbonyl (C=O) groups is 2. The molecule has 1 aromatic heterocycles. The molecule has 0 radical (unpaired) electrons. The predicted octanol–water partition coefficient (Wildman–Crippen LogP) is 4.12. The van der Waals surface area contributed by atoms with Crippen LogP contribution in [0.5, 0.6) is 0 Å². The number of rotatable bonds is 5. The lowest BCUT2D eigenvalue weighted by atomic mass is 9.97. The van der Waals surface area contributed by atoms with Crippen LogP contribution < -0.4 is 5.32 Å². The summed E-state index contributed by atoms with van der Waals surface area (Å²) in [7, 11) is 0. The van der Waals surface area contributed by atoms with E-state index in [0.29, 0.717) is 18.0 Å². The van der Waals surface area contributed by atoms with Crippen molar-refractivity contribution in [2.75, 3.05) is 13.1 Å². The standard InChI is InChI=1S/C23H23N3O2S/c1-2-21(27)24-15-16-7-9-18(10-8-16)23(28)26-13-11-17(12-14-26)22-25-19-5-3-4-6-20(19)29-22/h2-10,17H,1,11-15H2,(H,24,27). The van der Waals surface area contributed by atoms with Gasteiger partial charge in [-0.1, -0.05) is 30.8 Å². The SMILES string of the molecule is C=CC(=O)NCc1ccc(C(=O)N2CCC(c3nc4ccccc4s3)CC2)cc1. The molecule has 0 saturated carbocycles. The van der Waals surface area contributed by atoms with Crippen molar-refractivity contribution in [2.24, 2.45) is 0 Å². The van der Waals surface area contributed by atoms with E-state index in [2.05, 4.69) is 24.0 Å². The molecule has 0 bridgehead atoms. The number of hydrogen-bond donors (Lipinski definition) is 1. The van der Waals surface area contributed by atoms with Gasteiger partial charge in [-0.25, -0.2) is 4.98 Å². The topological polar surface area (TPSA) is 62.3 Å². The van der Waals surface area contributed by atoms with Crippen molar-refractivity contribution >= 4 is 33.4 Å². The average Bonchev–Trinajstić information content (AvgIpc) is 3.22. The zero-order chi connectivity index (χ0) is 20.2. The lowest BCUT2D eigenvalue weighted by Gasteiger charge is -2.31. The van der Waals surface area contributed by atoms with E-state index < -0.39 is 0 Å². The van der Waals surface area contributed by atoms with E-state index in [1.165, 1.54) is 15.8 Å². The van der Waals surface area contributed by atoms with Gasteiger partial charge in [0.15, 0.2) is 0 Å². The second kappa shape index (κ2) is 8.57. The van der Waals surface area contributed by atoms with Crippen LogP contribution in [0, 0.1) is 0 Å². The number of thiazole rings is 1. The predicted molar refractivity (Wildman–Crippen MR) is 116 cm³/mol. The highest BCUT2D eigenvalue weighted by Crippen LogP contribution is 2.34. The molecule has 4 rings (SSSR count). The van der Waals surface area contributed by atoms with Gasteiger partial charge in [0, 0.05) is 31.1 Å². The highest BCUT2D eigenvalue weighted by molar-refractivity contribution is 7.18. The zero-order valence-electron chi connectivity index (χ0n) is 16.1. The van der Waals surface area contributed by atoms with Crippen LogP contribution >= 0.6 is 11.3 Å². The minimum atomic E-state index is -0.207. The number of para-hydroxylation sites is 1. The molecule has 148 valence electrons. The van der Waals surface area contributed by atoms with Crippen LogP contribution in [0.1, 0.15) is 39.7 Å². The molecule has 1 N–H and O–H groups in total. The number of amides is 2. The van der Waals surface area contributed by atoms with E-state index in [9.17, 15) is 9.59 Å². The highest BCUT2D eigenvalue weighted by atomic mass is 32.1. The number of likely N-dealkylation sites (tertiary alicyclic amines) is 1. The third kappa shape index (κ3) is 4.38. The first-order valence-corrected chi connectivity index (χ1v) is 10.6. The molecule has 0 aliphatic carbocycles. The van der Waals surface area contributed by atoms with Gasteiger partial charge in [-0.3, -0.25) is 9.59 Å². The van der Waals surface area contributed by atoms with Gasteiger partial charge in [0.1, 0.15) is 0 Å². The van der Waals surface area contributed by atoms with Crippen LogP contribution in [0.4, 0.5) is 0 Å². The molecular formula is C23H23N3O2S. The monoisotopic (exact) mass is 405 g/mol. The van der Waals surface area contributed by atoms with Gasteiger partial charge < -0.3 is 10.2 Å². The molecule has 1 aliphatic rings. The summed E-state index contributed by atoms with van der Waals surface area (Å²) in [5, 5.41) is 3.92.